The number of hydrogen-bond donors (Lipinski definition) is 2. The fraction of sp³-hybridized carbons (Fsp3) is 0.286. The Morgan fingerprint density at radius 3 is 2.62 bits per heavy atom. The monoisotopic (exact) mass is 448 g/mol. The van der Waals surface area contributed by atoms with Crippen LogP contribution in [0.25, 0.3) is 0 Å². The van der Waals surface area contributed by atoms with Gasteiger partial charge in [-0.25, -0.2) is 9.89 Å². The first-order valence-electron chi connectivity index (χ1n) is 9.72. The fourth-order valence-corrected chi connectivity index (χ4v) is 3.61. The second-order valence-electron chi connectivity index (χ2n) is 7.11. The number of ether oxygens (including phenoxy) is 2. The van der Waals surface area contributed by atoms with Crippen molar-refractivity contribution in [3.63, 3.8) is 0 Å². The standard InChI is InChI=1S/C21H19F3N4O4/c22-21(23,24)15-8-4-7-14(11-15)16(12-29)32-18-17(13-5-2-1-3-6-13)28(9-10-31-18)19-25-20(30)27-26-19/h1-8,11-12,16-18H,9-10H2,(H2,25,26,27,30)/t16-,17+,18-/m1/s1. The van der Waals surface area contributed by atoms with Crippen LogP contribution >= 0.6 is 0 Å². The van der Waals surface area contributed by atoms with E-state index in [1.54, 1.807) is 17.0 Å². The predicted molar refractivity (Wildman–Crippen MR) is 107 cm³/mol. The number of nitrogens with one attached hydrogen (secondary N) is 2. The van der Waals surface area contributed by atoms with Crippen LogP contribution in [0, 0.1) is 0 Å². The van der Waals surface area contributed by atoms with Crippen molar-refractivity contribution in [2.24, 2.45) is 0 Å². The topological polar surface area (TPSA) is 100 Å². The zero-order valence-electron chi connectivity index (χ0n) is 16.6. The van der Waals surface area contributed by atoms with Crippen LogP contribution in [0.1, 0.15) is 28.8 Å². The second-order valence-corrected chi connectivity index (χ2v) is 7.11. The summed E-state index contributed by atoms with van der Waals surface area (Å²) in [4.78, 5) is 27.7. The largest absolute Gasteiger partial charge is 0.416 e. The number of aromatic nitrogens is 3. The van der Waals surface area contributed by atoms with E-state index < -0.39 is 35.9 Å². The molecule has 8 nitrogen and oxygen atoms in total. The zero-order valence-corrected chi connectivity index (χ0v) is 16.6. The van der Waals surface area contributed by atoms with E-state index in [1.807, 2.05) is 18.2 Å². The van der Waals surface area contributed by atoms with Gasteiger partial charge in [-0.15, -0.1) is 5.10 Å². The molecule has 3 atom stereocenters. The molecule has 168 valence electrons. The molecule has 1 saturated heterocycles. The summed E-state index contributed by atoms with van der Waals surface area (Å²) < 4.78 is 51.0. The van der Waals surface area contributed by atoms with Crippen LogP contribution in [-0.4, -0.2) is 40.9 Å². The molecule has 4 rings (SSSR count). The smallest absolute Gasteiger partial charge is 0.348 e. The summed E-state index contributed by atoms with van der Waals surface area (Å²) in [5.74, 6) is 0.252. The SMILES string of the molecule is O=C[C@@H](O[C@H]1OCCN(c2n[nH]c(=O)[nH]2)[C@H]1c1ccccc1)c1cccc(C(F)(F)F)c1. The lowest BCUT2D eigenvalue weighted by molar-refractivity contribution is -0.193. The van der Waals surface area contributed by atoms with Crippen LogP contribution in [0.3, 0.4) is 0 Å². The van der Waals surface area contributed by atoms with Crippen molar-refractivity contribution in [2.45, 2.75) is 24.6 Å². The molecule has 2 N–H and O–H groups in total. The number of halogens is 3. The number of alkyl halides is 3. The lowest BCUT2D eigenvalue weighted by atomic mass is 10.0. The van der Waals surface area contributed by atoms with Gasteiger partial charge in [0.15, 0.2) is 12.6 Å². The molecule has 1 aromatic heterocycles. The number of aldehydes is 1. The Kier molecular flexibility index (Phi) is 6.10. The zero-order chi connectivity index (χ0) is 22.7. The number of hydrogen-bond acceptors (Lipinski definition) is 6. The van der Waals surface area contributed by atoms with Crippen LogP contribution in [0.4, 0.5) is 19.1 Å². The molecule has 0 aliphatic carbocycles. The molecular formula is C21H19F3N4O4. The Hall–Kier alpha value is -3.44. The summed E-state index contributed by atoms with van der Waals surface area (Å²) >= 11 is 0. The number of carbonyl (C=O) groups excluding carboxylic acids is 1. The minimum atomic E-state index is -4.56. The van der Waals surface area contributed by atoms with E-state index in [0.29, 0.717) is 12.8 Å². The third-order valence-corrected chi connectivity index (χ3v) is 5.06. The summed E-state index contributed by atoms with van der Waals surface area (Å²) in [7, 11) is 0. The van der Waals surface area contributed by atoms with E-state index in [9.17, 15) is 22.8 Å². The Bertz CT molecular complexity index is 1120. The van der Waals surface area contributed by atoms with E-state index in [0.717, 1.165) is 17.7 Å². The molecule has 2 aromatic carbocycles. The van der Waals surface area contributed by atoms with Crippen molar-refractivity contribution in [1.29, 1.82) is 0 Å². The van der Waals surface area contributed by atoms with E-state index in [1.165, 1.54) is 12.1 Å². The molecule has 0 saturated carbocycles. The van der Waals surface area contributed by atoms with E-state index in [-0.39, 0.29) is 18.1 Å². The van der Waals surface area contributed by atoms with Crippen LogP contribution in [-0.2, 0) is 20.4 Å². The van der Waals surface area contributed by atoms with Crippen LogP contribution in [0.2, 0.25) is 0 Å². The predicted octanol–water partition coefficient (Wildman–Crippen LogP) is 2.98. The first-order chi connectivity index (χ1) is 15.4. The minimum absolute atomic E-state index is 0.0514. The molecular weight excluding hydrogens is 429 g/mol. The molecule has 0 bridgehead atoms. The molecule has 0 unspecified atom stereocenters. The van der Waals surface area contributed by atoms with Crippen molar-refractivity contribution >= 4 is 12.2 Å². The lowest BCUT2D eigenvalue weighted by Crippen LogP contribution is -2.47. The van der Waals surface area contributed by atoms with Gasteiger partial charge in [0.05, 0.1) is 12.2 Å². The van der Waals surface area contributed by atoms with E-state index in [4.69, 9.17) is 9.47 Å². The number of carbonyl (C=O) groups is 1. The van der Waals surface area contributed by atoms with Gasteiger partial charge in [0.1, 0.15) is 12.1 Å². The van der Waals surface area contributed by atoms with Gasteiger partial charge in [0, 0.05) is 6.54 Å². The molecule has 11 heteroatoms. The molecule has 1 fully saturated rings. The van der Waals surface area contributed by atoms with Crippen molar-refractivity contribution in [1.82, 2.24) is 15.2 Å². The van der Waals surface area contributed by atoms with Gasteiger partial charge in [0.2, 0.25) is 5.95 Å². The van der Waals surface area contributed by atoms with Crippen molar-refractivity contribution in [2.75, 3.05) is 18.1 Å². The van der Waals surface area contributed by atoms with Gasteiger partial charge in [-0.1, -0.05) is 42.5 Å². The Balaban J connectivity index is 1.67. The average Bonchev–Trinajstić information content (AvgIpc) is 3.23. The maximum atomic E-state index is 13.1. The second kappa shape index (κ2) is 8.97. The highest BCUT2D eigenvalue weighted by Crippen LogP contribution is 2.36. The number of rotatable bonds is 6. The van der Waals surface area contributed by atoms with Crippen molar-refractivity contribution < 1.29 is 27.4 Å². The van der Waals surface area contributed by atoms with Gasteiger partial charge in [-0.2, -0.15) is 13.2 Å². The van der Waals surface area contributed by atoms with Crippen LogP contribution in [0.5, 0.6) is 0 Å². The number of H-pyrrole nitrogens is 2. The highest BCUT2D eigenvalue weighted by molar-refractivity contribution is 5.60. The third-order valence-electron chi connectivity index (χ3n) is 5.06. The summed E-state index contributed by atoms with van der Waals surface area (Å²) in [6.45, 7) is 0.534. The van der Waals surface area contributed by atoms with Gasteiger partial charge in [0.25, 0.3) is 0 Å². The van der Waals surface area contributed by atoms with Crippen molar-refractivity contribution in [3.8, 4) is 0 Å². The Labute approximate surface area is 180 Å². The first-order valence-corrected chi connectivity index (χ1v) is 9.72. The Morgan fingerprint density at radius 2 is 1.97 bits per heavy atom. The van der Waals surface area contributed by atoms with E-state index in [2.05, 4.69) is 15.2 Å². The van der Waals surface area contributed by atoms with Gasteiger partial charge < -0.3 is 19.2 Å². The number of aromatic amines is 2. The van der Waals surface area contributed by atoms with Crippen molar-refractivity contribution in [3.05, 3.63) is 81.8 Å². The summed E-state index contributed by atoms with van der Waals surface area (Å²) in [5, 5.41) is 6.28. The molecule has 0 spiro atoms. The number of benzene rings is 2. The lowest BCUT2D eigenvalue weighted by Gasteiger charge is -2.41. The van der Waals surface area contributed by atoms with Crippen LogP contribution < -0.4 is 10.6 Å². The Morgan fingerprint density at radius 1 is 1.19 bits per heavy atom. The van der Waals surface area contributed by atoms with Gasteiger partial charge >= 0.3 is 11.9 Å². The number of anilines is 1. The average molecular weight is 448 g/mol. The normalized spacial score (nSPS) is 20.2. The van der Waals surface area contributed by atoms with Gasteiger partial charge in [-0.3, -0.25) is 4.98 Å². The molecule has 1 aliphatic rings. The van der Waals surface area contributed by atoms with E-state index >= 15 is 0 Å². The first kappa shape index (κ1) is 21.8. The number of nitrogens with zero attached hydrogens (tertiary/aromatic N) is 2. The highest BCUT2D eigenvalue weighted by Gasteiger charge is 2.38. The number of morpholine rings is 1. The molecule has 0 amide bonds. The summed E-state index contributed by atoms with van der Waals surface area (Å²) in [6, 6.07) is 12.8. The molecule has 32 heavy (non-hydrogen) atoms. The maximum Gasteiger partial charge on any atom is 0.416 e. The third kappa shape index (κ3) is 4.58. The summed E-state index contributed by atoms with van der Waals surface area (Å²) in [5.41, 5.74) is -0.582. The molecule has 0 radical (unpaired) electrons. The summed E-state index contributed by atoms with van der Waals surface area (Å²) in [6.07, 6.45) is -6.46. The fourth-order valence-electron chi connectivity index (χ4n) is 3.61. The van der Waals surface area contributed by atoms with Crippen LogP contribution in [0.15, 0.2) is 59.4 Å². The molecule has 3 aromatic rings. The minimum Gasteiger partial charge on any atom is -0.348 e. The quantitative estimate of drug-likeness (QED) is 0.563. The molecule has 2 heterocycles. The highest BCUT2D eigenvalue weighted by atomic mass is 19.4. The maximum absolute atomic E-state index is 13.1. The van der Waals surface area contributed by atoms with Gasteiger partial charge in [-0.05, 0) is 23.3 Å². The molecule has 1 aliphatic heterocycles.